The van der Waals surface area contributed by atoms with Gasteiger partial charge >= 0.3 is 0 Å². The summed E-state index contributed by atoms with van der Waals surface area (Å²) in [4.78, 5) is 12.6. The molecule has 0 aromatic heterocycles. The summed E-state index contributed by atoms with van der Waals surface area (Å²) in [6, 6.07) is 3.95. The third kappa shape index (κ3) is 2.66. The summed E-state index contributed by atoms with van der Waals surface area (Å²) in [5.74, 6) is 1.58. The van der Waals surface area contributed by atoms with Gasteiger partial charge in [-0.25, -0.2) is 0 Å². The van der Waals surface area contributed by atoms with E-state index in [0.29, 0.717) is 6.54 Å². The Hall–Kier alpha value is -1.36. The van der Waals surface area contributed by atoms with Gasteiger partial charge in [-0.15, -0.1) is 0 Å². The molecule has 0 radical (unpaired) electrons. The lowest BCUT2D eigenvalue weighted by Crippen LogP contribution is -2.23. The summed E-state index contributed by atoms with van der Waals surface area (Å²) in [6.07, 6.45) is 0.783. The number of rotatable bonds is 3. The number of ether oxygens (including phenoxy) is 2. The predicted molar refractivity (Wildman–Crippen MR) is 68.0 cm³/mol. The van der Waals surface area contributed by atoms with E-state index >= 15 is 0 Å². The highest BCUT2D eigenvalue weighted by atomic mass is 32.1. The van der Waals surface area contributed by atoms with Crippen LogP contribution in [0.1, 0.15) is 11.1 Å². The van der Waals surface area contributed by atoms with Crippen molar-refractivity contribution >= 4 is 17.9 Å². The van der Waals surface area contributed by atoms with E-state index in [0.717, 1.165) is 29.0 Å². The first-order valence-electron chi connectivity index (χ1n) is 5.41. The molecule has 1 aromatic rings. The summed E-state index contributed by atoms with van der Waals surface area (Å²) >= 11 is 3.77. The third-order valence-electron chi connectivity index (χ3n) is 2.87. The number of nitrogens with zero attached hydrogens (tertiary/aromatic N) is 1. The van der Waals surface area contributed by atoms with E-state index in [1.54, 1.807) is 11.9 Å². The van der Waals surface area contributed by atoms with E-state index in [1.807, 2.05) is 19.1 Å². The molecule has 0 aliphatic carbocycles. The first-order valence-corrected chi connectivity index (χ1v) is 5.86. The Balaban J connectivity index is 2.09. The second-order valence-corrected chi connectivity index (χ2v) is 4.47. The van der Waals surface area contributed by atoms with Crippen molar-refractivity contribution in [3.05, 3.63) is 23.3 Å². The Labute approximate surface area is 106 Å². The molecule has 5 heteroatoms. The molecule has 0 unspecified atom stereocenters. The molecule has 2 rings (SSSR count). The van der Waals surface area contributed by atoms with E-state index in [-0.39, 0.29) is 12.0 Å². The molecule has 0 bridgehead atoms. The monoisotopic (exact) mass is 253 g/mol. The Bertz CT molecular complexity index is 448. The van der Waals surface area contributed by atoms with Gasteiger partial charge in [0.1, 0.15) is 0 Å². The maximum atomic E-state index is 11.0. The van der Waals surface area contributed by atoms with Gasteiger partial charge in [0.2, 0.25) is 6.79 Å². The number of fused-ring (bicyclic) bond motifs is 1. The van der Waals surface area contributed by atoms with Crippen LogP contribution in [-0.4, -0.2) is 30.5 Å². The van der Waals surface area contributed by atoms with Crippen LogP contribution in [0.15, 0.2) is 12.1 Å². The van der Waals surface area contributed by atoms with E-state index in [4.69, 9.17) is 9.47 Å². The van der Waals surface area contributed by atoms with Gasteiger partial charge in [0, 0.05) is 13.6 Å². The smallest absolute Gasteiger partial charge is 0.278 e. The lowest BCUT2D eigenvalue weighted by Gasteiger charge is -2.15. The zero-order chi connectivity index (χ0) is 12.4. The minimum absolute atomic E-state index is 0.219. The van der Waals surface area contributed by atoms with Crippen LogP contribution in [-0.2, 0) is 6.42 Å². The number of likely N-dealkylation sites (N-methyl/N-ethyl adjacent to an activating group) is 1. The van der Waals surface area contributed by atoms with Crippen molar-refractivity contribution in [1.82, 2.24) is 4.90 Å². The van der Waals surface area contributed by atoms with Crippen LogP contribution >= 0.6 is 12.6 Å². The maximum absolute atomic E-state index is 11.0. The topological polar surface area (TPSA) is 38.8 Å². The summed E-state index contributed by atoms with van der Waals surface area (Å²) in [7, 11) is 1.73. The Morgan fingerprint density at radius 2 is 2.06 bits per heavy atom. The molecule has 0 N–H and O–H groups in total. The standard InChI is InChI=1S/C12H15NO3S/c1-8-5-10-11(16-7-15-10)6-9(8)3-4-13(2)12(14)17/h5-6H,3-4,7H2,1-2H3,(H,14,17). The van der Waals surface area contributed by atoms with Gasteiger partial charge in [0.25, 0.3) is 5.24 Å². The third-order valence-corrected chi connectivity index (χ3v) is 3.22. The van der Waals surface area contributed by atoms with Crippen molar-refractivity contribution in [2.24, 2.45) is 0 Å². The molecular weight excluding hydrogens is 238 g/mol. The largest absolute Gasteiger partial charge is 0.454 e. The van der Waals surface area contributed by atoms with Crippen molar-refractivity contribution in [1.29, 1.82) is 0 Å². The number of aryl methyl sites for hydroxylation is 1. The second kappa shape index (κ2) is 4.87. The van der Waals surface area contributed by atoms with Gasteiger partial charge in [-0.05, 0) is 36.6 Å². The van der Waals surface area contributed by atoms with E-state index in [1.165, 1.54) is 0 Å². The number of benzene rings is 1. The maximum Gasteiger partial charge on any atom is 0.278 e. The van der Waals surface area contributed by atoms with Crippen LogP contribution in [0.25, 0.3) is 0 Å². The average molecular weight is 253 g/mol. The first-order chi connectivity index (χ1) is 8.08. The SMILES string of the molecule is Cc1cc2c(cc1CCN(C)C(=O)S)OCO2. The molecule has 92 valence electrons. The first kappa shape index (κ1) is 12.1. The molecule has 1 aliphatic heterocycles. The minimum atomic E-state index is -0.219. The lowest BCUT2D eigenvalue weighted by molar-refractivity contribution is 0.174. The number of thiol groups is 1. The molecule has 1 amide bonds. The highest BCUT2D eigenvalue weighted by Gasteiger charge is 2.15. The Morgan fingerprint density at radius 3 is 2.71 bits per heavy atom. The quantitative estimate of drug-likeness (QED) is 0.840. The molecule has 1 heterocycles. The van der Waals surface area contributed by atoms with Crippen LogP contribution in [0.4, 0.5) is 4.79 Å². The number of carbonyl (C=O) groups excluding carboxylic acids is 1. The fourth-order valence-electron chi connectivity index (χ4n) is 1.74. The zero-order valence-electron chi connectivity index (χ0n) is 9.90. The fraction of sp³-hybridized carbons (Fsp3) is 0.417. The molecule has 1 aliphatic rings. The molecule has 0 spiro atoms. The molecule has 0 fully saturated rings. The fourth-order valence-corrected chi connectivity index (χ4v) is 1.84. The van der Waals surface area contributed by atoms with Gasteiger partial charge in [-0.1, -0.05) is 12.6 Å². The van der Waals surface area contributed by atoms with Gasteiger partial charge in [-0.2, -0.15) is 0 Å². The van der Waals surface area contributed by atoms with E-state index in [2.05, 4.69) is 12.6 Å². The molecule has 0 atom stereocenters. The highest BCUT2D eigenvalue weighted by molar-refractivity contribution is 7.96. The summed E-state index contributed by atoms with van der Waals surface area (Å²) < 4.78 is 10.6. The van der Waals surface area contributed by atoms with Gasteiger partial charge < -0.3 is 14.4 Å². The van der Waals surface area contributed by atoms with Gasteiger partial charge in [-0.3, -0.25) is 4.79 Å². The van der Waals surface area contributed by atoms with Crippen LogP contribution in [0.2, 0.25) is 0 Å². The molecule has 17 heavy (non-hydrogen) atoms. The number of carbonyl (C=O) groups is 1. The lowest BCUT2D eigenvalue weighted by atomic mass is 10.0. The second-order valence-electron chi connectivity index (χ2n) is 4.09. The minimum Gasteiger partial charge on any atom is -0.454 e. The molecule has 0 saturated carbocycles. The Kier molecular flexibility index (Phi) is 3.47. The van der Waals surface area contributed by atoms with Crippen molar-refractivity contribution in [3.63, 3.8) is 0 Å². The van der Waals surface area contributed by atoms with Crippen molar-refractivity contribution in [2.75, 3.05) is 20.4 Å². The average Bonchev–Trinajstić information content (AvgIpc) is 2.72. The summed E-state index contributed by atoms with van der Waals surface area (Å²) in [5.41, 5.74) is 2.31. The highest BCUT2D eigenvalue weighted by Crippen LogP contribution is 2.34. The van der Waals surface area contributed by atoms with E-state index in [9.17, 15) is 4.79 Å². The number of amides is 1. The summed E-state index contributed by atoms with van der Waals surface area (Å²) in [5, 5.41) is -0.219. The number of hydrogen-bond acceptors (Lipinski definition) is 3. The van der Waals surface area contributed by atoms with Crippen molar-refractivity contribution < 1.29 is 14.3 Å². The molecular formula is C12H15NO3S. The molecule has 1 aromatic carbocycles. The van der Waals surface area contributed by atoms with Crippen LogP contribution in [0.3, 0.4) is 0 Å². The van der Waals surface area contributed by atoms with Crippen LogP contribution in [0, 0.1) is 6.92 Å². The molecule has 0 saturated heterocycles. The van der Waals surface area contributed by atoms with E-state index < -0.39 is 0 Å². The van der Waals surface area contributed by atoms with Crippen LogP contribution < -0.4 is 9.47 Å². The zero-order valence-corrected chi connectivity index (χ0v) is 10.8. The Morgan fingerprint density at radius 1 is 1.41 bits per heavy atom. The van der Waals surface area contributed by atoms with Gasteiger partial charge in [0.05, 0.1) is 0 Å². The summed E-state index contributed by atoms with van der Waals surface area (Å²) in [6.45, 7) is 2.95. The molecule has 4 nitrogen and oxygen atoms in total. The van der Waals surface area contributed by atoms with Crippen LogP contribution in [0.5, 0.6) is 11.5 Å². The predicted octanol–water partition coefficient (Wildman–Crippen LogP) is 2.25. The van der Waals surface area contributed by atoms with Crippen molar-refractivity contribution in [3.8, 4) is 11.5 Å². The number of hydrogen-bond donors (Lipinski definition) is 1. The van der Waals surface area contributed by atoms with Gasteiger partial charge in [0.15, 0.2) is 11.5 Å². The van der Waals surface area contributed by atoms with Crippen molar-refractivity contribution in [2.45, 2.75) is 13.3 Å². The normalized spacial score (nSPS) is 12.6.